The van der Waals surface area contributed by atoms with Crippen LogP contribution in [0.2, 0.25) is 0 Å². The molecule has 0 saturated carbocycles. The maximum Gasteiger partial charge on any atom is 0.135 e. The van der Waals surface area contributed by atoms with Gasteiger partial charge in [0.05, 0.1) is 0 Å². The summed E-state index contributed by atoms with van der Waals surface area (Å²) in [5.74, 6) is 0.402. The Hall–Kier alpha value is -1.07. The average molecular weight is 198 g/mol. The molecule has 1 saturated heterocycles. The highest BCUT2D eigenvalue weighted by atomic mass is 16.1. The summed E-state index contributed by atoms with van der Waals surface area (Å²) in [4.78, 5) is 10.4. The topological polar surface area (TPSA) is 47.6 Å². The summed E-state index contributed by atoms with van der Waals surface area (Å²) in [6.45, 7) is 1.78. The van der Waals surface area contributed by atoms with Crippen molar-refractivity contribution in [1.29, 1.82) is 0 Å². The Kier molecular flexibility index (Phi) is 4.42. The number of hydrogen-bond acceptors (Lipinski definition) is 5. The van der Waals surface area contributed by atoms with Crippen LogP contribution in [-0.4, -0.2) is 43.1 Å². The minimum atomic E-state index is 0.402. The summed E-state index contributed by atoms with van der Waals surface area (Å²) in [6.07, 6.45) is 5.29. The first kappa shape index (κ1) is 11.0. The lowest BCUT2D eigenvalue weighted by Crippen LogP contribution is -2.34. The summed E-state index contributed by atoms with van der Waals surface area (Å²) in [5, 5.41) is 6.91. The highest BCUT2D eigenvalue weighted by molar-refractivity contribution is 5.79. The Labute approximate surface area is 84.7 Å². The molecule has 5 heteroatoms. The largest absolute Gasteiger partial charge is 0.316 e. The molecule has 0 radical (unpaired) electrons. The summed E-state index contributed by atoms with van der Waals surface area (Å²) in [6, 6.07) is 0. The van der Waals surface area contributed by atoms with E-state index >= 15 is 0 Å². The van der Waals surface area contributed by atoms with Gasteiger partial charge in [0, 0.05) is 52.4 Å². The Morgan fingerprint density at radius 2 is 1.93 bits per heavy atom. The molecule has 80 valence electrons. The third-order valence-electron chi connectivity index (χ3n) is 2.19. The number of carbonyl (C=O) groups is 1. The highest BCUT2D eigenvalue weighted by Gasteiger charge is 2.05. The molecule has 2 heterocycles. The van der Waals surface area contributed by atoms with E-state index in [2.05, 4.69) is 10.7 Å². The van der Waals surface area contributed by atoms with Gasteiger partial charge in [0.2, 0.25) is 0 Å². The maximum atomic E-state index is 10.4. The van der Waals surface area contributed by atoms with Crippen LogP contribution in [0.4, 0.5) is 0 Å². The molecule has 0 bridgehead atoms. The molecule has 2 aliphatic heterocycles. The first-order valence-corrected chi connectivity index (χ1v) is 4.82. The normalized spacial score (nSPS) is 21.6. The molecule has 0 aromatic heterocycles. The van der Waals surface area contributed by atoms with E-state index in [1.807, 2.05) is 36.6 Å². The van der Waals surface area contributed by atoms with Crippen molar-refractivity contribution in [2.45, 2.75) is 12.8 Å². The third kappa shape index (κ3) is 3.76. The van der Waals surface area contributed by atoms with Crippen molar-refractivity contribution in [2.75, 3.05) is 27.2 Å². The summed E-state index contributed by atoms with van der Waals surface area (Å²) in [7, 11) is 3.91. The Bertz CT molecular complexity index is 209. The smallest absolute Gasteiger partial charge is 0.135 e. The van der Waals surface area contributed by atoms with E-state index in [9.17, 15) is 4.79 Å². The van der Waals surface area contributed by atoms with Crippen molar-refractivity contribution in [2.24, 2.45) is 0 Å². The first-order valence-electron chi connectivity index (χ1n) is 4.82. The van der Waals surface area contributed by atoms with E-state index in [1.165, 1.54) is 0 Å². The fourth-order valence-corrected chi connectivity index (χ4v) is 1.15. The van der Waals surface area contributed by atoms with Crippen LogP contribution in [0.25, 0.3) is 0 Å². The van der Waals surface area contributed by atoms with Gasteiger partial charge in [-0.1, -0.05) is 0 Å². The monoisotopic (exact) mass is 198 g/mol. The fourth-order valence-electron chi connectivity index (χ4n) is 1.15. The number of ketones is 1. The number of hydrogen-bond donors (Lipinski definition) is 2. The molecule has 0 atom stereocenters. The van der Waals surface area contributed by atoms with Gasteiger partial charge < -0.3 is 10.7 Å². The van der Waals surface area contributed by atoms with Gasteiger partial charge >= 0.3 is 0 Å². The van der Waals surface area contributed by atoms with Gasteiger partial charge in [0.1, 0.15) is 5.78 Å². The van der Waals surface area contributed by atoms with Crippen molar-refractivity contribution >= 4 is 5.78 Å². The van der Waals surface area contributed by atoms with Crippen LogP contribution in [0.15, 0.2) is 12.4 Å². The number of nitrogens with one attached hydrogen (secondary N) is 2. The van der Waals surface area contributed by atoms with Crippen LogP contribution < -0.4 is 10.7 Å². The van der Waals surface area contributed by atoms with Gasteiger partial charge in [-0.25, -0.2) is 0 Å². The lowest BCUT2D eigenvalue weighted by molar-refractivity contribution is -0.119. The number of piperidine rings is 1. The van der Waals surface area contributed by atoms with E-state index < -0.39 is 0 Å². The average Bonchev–Trinajstić information content (AvgIpc) is 2.53. The van der Waals surface area contributed by atoms with Gasteiger partial charge in [0.25, 0.3) is 0 Å². The molecule has 5 nitrogen and oxygen atoms in total. The molecule has 0 amide bonds. The zero-order valence-electron chi connectivity index (χ0n) is 8.79. The Morgan fingerprint density at radius 1 is 1.29 bits per heavy atom. The molecular weight excluding hydrogens is 180 g/mol. The molecule has 14 heavy (non-hydrogen) atoms. The molecule has 0 aromatic carbocycles. The highest BCUT2D eigenvalue weighted by Crippen LogP contribution is 1.92. The second-order valence-corrected chi connectivity index (χ2v) is 3.33. The fraction of sp³-hybridized carbons (Fsp3) is 0.667. The second-order valence-electron chi connectivity index (χ2n) is 3.33. The minimum absolute atomic E-state index is 0.402. The maximum absolute atomic E-state index is 10.4. The molecule has 0 spiro atoms. The van der Waals surface area contributed by atoms with E-state index in [1.54, 1.807) is 0 Å². The predicted octanol–water partition coefficient (Wildman–Crippen LogP) is -0.307. The van der Waals surface area contributed by atoms with E-state index in [0.717, 1.165) is 25.9 Å². The van der Waals surface area contributed by atoms with E-state index in [-0.39, 0.29) is 0 Å². The van der Waals surface area contributed by atoms with Gasteiger partial charge in [-0.3, -0.25) is 9.80 Å². The molecular formula is C9H18N4O. The Morgan fingerprint density at radius 3 is 2.14 bits per heavy atom. The first-order chi connectivity index (χ1) is 6.70. The molecule has 2 aliphatic rings. The number of hydrazine groups is 2. The predicted molar refractivity (Wildman–Crippen MR) is 54.9 cm³/mol. The van der Waals surface area contributed by atoms with E-state index in [4.69, 9.17) is 0 Å². The van der Waals surface area contributed by atoms with Gasteiger partial charge in [-0.2, -0.15) is 0 Å². The van der Waals surface area contributed by atoms with Crippen LogP contribution >= 0.6 is 0 Å². The van der Waals surface area contributed by atoms with Crippen LogP contribution in [0.3, 0.4) is 0 Å². The summed E-state index contributed by atoms with van der Waals surface area (Å²) >= 11 is 0. The van der Waals surface area contributed by atoms with Crippen molar-refractivity contribution < 1.29 is 4.79 Å². The van der Waals surface area contributed by atoms with Crippen LogP contribution in [-0.2, 0) is 4.79 Å². The van der Waals surface area contributed by atoms with Crippen molar-refractivity contribution in [3.63, 3.8) is 0 Å². The van der Waals surface area contributed by atoms with Gasteiger partial charge in [-0.05, 0) is 0 Å². The zero-order chi connectivity index (χ0) is 10.4. The number of carbonyl (C=O) groups excluding carboxylic acids is 1. The molecule has 0 unspecified atom stereocenters. The standard InChI is InChI=1S/C5H9NO.C4H9N3/c7-5-1-3-6-4-2-5;1-6-4-3-5-7(6)2/h6H,1-4H2;3-5H,1-2H3. The number of rotatable bonds is 0. The van der Waals surface area contributed by atoms with Crippen molar-refractivity contribution in [1.82, 2.24) is 20.9 Å². The zero-order valence-corrected chi connectivity index (χ0v) is 8.79. The lowest BCUT2D eigenvalue weighted by Gasteiger charge is -2.18. The Balaban J connectivity index is 0.000000140. The van der Waals surface area contributed by atoms with Crippen LogP contribution in [0.1, 0.15) is 12.8 Å². The lowest BCUT2D eigenvalue weighted by atomic mass is 10.1. The van der Waals surface area contributed by atoms with Crippen molar-refractivity contribution in [3.8, 4) is 0 Å². The van der Waals surface area contributed by atoms with E-state index in [0.29, 0.717) is 5.78 Å². The molecule has 1 fully saturated rings. The summed E-state index contributed by atoms with van der Waals surface area (Å²) < 4.78 is 0. The minimum Gasteiger partial charge on any atom is -0.316 e. The molecule has 2 N–H and O–H groups in total. The van der Waals surface area contributed by atoms with Crippen molar-refractivity contribution in [3.05, 3.63) is 12.4 Å². The molecule has 0 aliphatic carbocycles. The van der Waals surface area contributed by atoms with Crippen LogP contribution in [0.5, 0.6) is 0 Å². The summed E-state index contributed by atoms with van der Waals surface area (Å²) in [5.41, 5.74) is 2.95. The third-order valence-corrected chi connectivity index (χ3v) is 2.19. The quantitative estimate of drug-likeness (QED) is 0.559. The van der Waals surface area contributed by atoms with Gasteiger partial charge in [0.15, 0.2) is 0 Å². The number of Topliss-reactive ketones (excluding diaryl/α,β-unsaturated/α-hetero) is 1. The molecule has 0 aromatic rings. The molecule has 2 rings (SSSR count). The SMILES string of the molecule is CN1C=CNN1C.O=C1CCNCC1. The second kappa shape index (κ2) is 5.62. The van der Waals surface area contributed by atoms with Crippen LogP contribution in [0, 0.1) is 0 Å². The van der Waals surface area contributed by atoms with Gasteiger partial charge in [-0.15, -0.1) is 5.12 Å². The number of nitrogens with zero attached hydrogens (tertiary/aromatic N) is 2.